The van der Waals surface area contributed by atoms with Crippen molar-refractivity contribution in [3.8, 4) is 39.5 Å². The highest BCUT2D eigenvalue weighted by Crippen LogP contribution is 2.34. The van der Waals surface area contributed by atoms with Crippen LogP contribution in [0.2, 0.25) is 0 Å². The van der Waals surface area contributed by atoms with E-state index in [9.17, 15) is 4.39 Å². The predicted octanol–water partition coefficient (Wildman–Crippen LogP) is 5.31. The number of ether oxygens (including phenoxy) is 1. The van der Waals surface area contributed by atoms with Crippen LogP contribution in [0.25, 0.3) is 55.7 Å². The van der Waals surface area contributed by atoms with Crippen LogP contribution in [0.15, 0.2) is 73.3 Å². The molecule has 184 valence electrons. The van der Waals surface area contributed by atoms with Crippen LogP contribution in [0.4, 0.5) is 4.39 Å². The van der Waals surface area contributed by atoms with Gasteiger partial charge in [0.1, 0.15) is 29.5 Å². The number of likely N-dealkylation sites (N-methyl/N-ethyl adjacent to an activating group) is 1. The Balaban J connectivity index is 1.37. The van der Waals surface area contributed by atoms with Gasteiger partial charge in [-0.25, -0.2) is 9.37 Å². The molecular formula is C28H24FN7O. The number of H-pyrrole nitrogens is 2. The van der Waals surface area contributed by atoms with Gasteiger partial charge in [0.2, 0.25) is 0 Å². The third-order valence-corrected chi connectivity index (χ3v) is 6.21. The number of nitrogens with one attached hydrogen (secondary N) is 2. The summed E-state index contributed by atoms with van der Waals surface area (Å²) in [4.78, 5) is 18.9. The van der Waals surface area contributed by atoms with Crippen LogP contribution in [0.5, 0.6) is 5.75 Å². The van der Waals surface area contributed by atoms with Crippen molar-refractivity contribution in [2.24, 2.45) is 0 Å². The van der Waals surface area contributed by atoms with Crippen molar-refractivity contribution in [2.45, 2.75) is 0 Å². The summed E-state index contributed by atoms with van der Waals surface area (Å²) in [6.07, 6.45) is 6.99. The Hall–Kier alpha value is -4.63. The maximum atomic E-state index is 13.5. The van der Waals surface area contributed by atoms with Crippen molar-refractivity contribution in [2.75, 3.05) is 27.2 Å². The monoisotopic (exact) mass is 493 g/mol. The van der Waals surface area contributed by atoms with Gasteiger partial charge in [-0.15, -0.1) is 0 Å². The Bertz CT molecular complexity index is 1710. The van der Waals surface area contributed by atoms with E-state index >= 15 is 0 Å². The molecule has 0 saturated carbocycles. The molecule has 0 saturated heterocycles. The fourth-order valence-corrected chi connectivity index (χ4v) is 4.30. The molecule has 0 aliphatic rings. The predicted molar refractivity (Wildman–Crippen MR) is 142 cm³/mol. The van der Waals surface area contributed by atoms with Gasteiger partial charge in [0.15, 0.2) is 0 Å². The Kier molecular flexibility index (Phi) is 5.82. The van der Waals surface area contributed by atoms with Gasteiger partial charge in [0.05, 0.1) is 29.3 Å². The van der Waals surface area contributed by atoms with Crippen molar-refractivity contribution < 1.29 is 9.13 Å². The quantitative estimate of drug-likeness (QED) is 0.313. The Morgan fingerprint density at radius 3 is 2.62 bits per heavy atom. The van der Waals surface area contributed by atoms with Crippen molar-refractivity contribution in [3.05, 3.63) is 79.1 Å². The van der Waals surface area contributed by atoms with Gasteiger partial charge in [0, 0.05) is 35.3 Å². The lowest BCUT2D eigenvalue weighted by Gasteiger charge is -2.11. The highest BCUT2D eigenvalue weighted by Gasteiger charge is 2.16. The van der Waals surface area contributed by atoms with Crippen molar-refractivity contribution >= 4 is 21.9 Å². The Morgan fingerprint density at radius 2 is 1.78 bits per heavy atom. The maximum absolute atomic E-state index is 13.5. The fraction of sp³-hybridized carbons (Fsp3) is 0.143. The molecular weight excluding hydrogens is 469 g/mol. The third kappa shape index (κ3) is 4.52. The van der Waals surface area contributed by atoms with E-state index in [1.165, 1.54) is 12.1 Å². The summed E-state index contributed by atoms with van der Waals surface area (Å²) in [7, 11) is 4.01. The van der Waals surface area contributed by atoms with E-state index in [1.807, 2.05) is 38.4 Å². The second kappa shape index (κ2) is 9.44. The molecule has 1 aromatic carbocycles. The second-order valence-electron chi connectivity index (χ2n) is 9.06. The number of fused-ring (bicyclic) bond motifs is 2. The molecule has 2 N–H and O–H groups in total. The number of aromatic amines is 2. The smallest absolute Gasteiger partial charge is 0.138 e. The van der Waals surface area contributed by atoms with E-state index in [0.717, 1.165) is 62.3 Å². The van der Waals surface area contributed by atoms with Gasteiger partial charge in [0.25, 0.3) is 0 Å². The molecule has 0 atom stereocenters. The van der Waals surface area contributed by atoms with Crippen LogP contribution >= 0.6 is 0 Å². The average Bonchev–Trinajstić information content (AvgIpc) is 3.53. The molecule has 0 fully saturated rings. The van der Waals surface area contributed by atoms with Crippen LogP contribution in [0.1, 0.15) is 0 Å². The summed E-state index contributed by atoms with van der Waals surface area (Å²) in [5.74, 6) is 0.431. The Labute approximate surface area is 212 Å². The molecule has 0 aliphatic heterocycles. The number of pyridine rings is 3. The molecule has 37 heavy (non-hydrogen) atoms. The third-order valence-electron chi connectivity index (χ3n) is 6.21. The zero-order valence-electron chi connectivity index (χ0n) is 20.4. The van der Waals surface area contributed by atoms with Gasteiger partial charge in [-0.2, -0.15) is 5.10 Å². The number of halogens is 1. The first-order valence-electron chi connectivity index (χ1n) is 11.9. The van der Waals surface area contributed by atoms with Crippen molar-refractivity contribution in [1.29, 1.82) is 0 Å². The lowest BCUT2D eigenvalue weighted by atomic mass is 10.0. The molecule has 9 heteroatoms. The molecule has 0 amide bonds. The lowest BCUT2D eigenvalue weighted by Crippen LogP contribution is -2.19. The number of hydrogen-bond acceptors (Lipinski definition) is 6. The summed E-state index contributed by atoms with van der Waals surface area (Å²) in [5.41, 5.74) is 6.62. The highest BCUT2D eigenvalue weighted by atomic mass is 19.1. The minimum absolute atomic E-state index is 0.267. The molecule has 8 nitrogen and oxygen atoms in total. The first kappa shape index (κ1) is 22.8. The van der Waals surface area contributed by atoms with Gasteiger partial charge in [-0.3, -0.25) is 15.1 Å². The molecule has 0 bridgehead atoms. The number of aromatic nitrogens is 6. The normalized spacial score (nSPS) is 11.6. The fourth-order valence-electron chi connectivity index (χ4n) is 4.30. The minimum atomic E-state index is -0.267. The number of nitrogens with zero attached hydrogens (tertiary/aromatic N) is 5. The molecule has 6 aromatic rings. The van der Waals surface area contributed by atoms with E-state index < -0.39 is 0 Å². The van der Waals surface area contributed by atoms with E-state index in [0.29, 0.717) is 12.4 Å². The minimum Gasteiger partial charge on any atom is -0.491 e. The molecule has 0 radical (unpaired) electrons. The largest absolute Gasteiger partial charge is 0.491 e. The standard InChI is InChI=1S/C28H24FN7O/c1-36(2)9-10-37-20-11-18(14-30-15-20)24-13-23-26(16-32-24)34-35-27(23)25-12-22-21(7-8-31-28(22)33-25)17-3-5-19(29)6-4-17/h3-8,11-16H,9-10H2,1-2H3,(H,31,33)(H,34,35). The van der Waals surface area contributed by atoms with Crippen LogP contribution in [0.3, 0.4) is 0 Å². The number of rotatable bonds is 7. The molecule has 0 spiro atoms. The summed E-state index contributed by atoms with van der Waals surface area (Å²) in [5, 5.41) is 9.49. The van der Waals surface area contributed by atoms with Gasteiger partial charge in [-0.05, 0) is 61.6 Å². The Morgan fingerprint density at radius 1 is 0.919 bits per heavy atom. The zero-order chi connectivity index (χ0) is 25.4. The molecule has 6 rings (SSSR count). The molecule has 5 aromatic heterocycles. The van der Waals surface area contributed by atoms with E-state index in [-0.39, 0.29) is 5.82 Å². The molecule has 0 aliphatic carbocycles. The zero-order valence-corrected chi connectivity index (χ0v) is 20.4. The summed E-state index contributed by atoms with van der Waals surface area (Å²) in [6, 6.07) is 14.4. The average molecular weight is 494 g/mol. The maximum Gasteiger partial charge on any atom is 0.138 e. The van der Waals surface area contributed by atoms with E-state index in [4.69, 9.17) is 4.74 Å². The summed E-state index contributed by atoms with van der Waals surface area (Å²) >= 11 is 0. The number of benzene rings is 1. The SMILES string of the molecule is CN(C)CCOc1cncc(-c2cc3c(-c4cc5c(-c6ccc(F)cc6)ccnc5[nH]4)n[nH]c3cn2)c1. The summed E-state index contributed by atoms with van der Waals surface area (Å²) in [6.45, 7) is 1.39. The second-order valence-corrected chi connectivity index (χ2v) is 9.06. The van der Waals surface area contributed by atoms with Crippen LogP contribution < -0.4 is 4.74 Å². The lowest BCUT2D eigenvalue weighted by molar-refractivity contribution is 0.261. The number of hydrogen-bond donors (Lipinski definition) is 2. The van der Waals surface area contributed by atoms with Gasteiger partial charge >= 0.3 is 0 Å². The van der Waals surface area contributed by atoms with Gasteiger partial charge < -0.3 is 14.6 Å². The van der Waals surface area contributed by atoms with E-state index in [2.05, 4.69) is 35.0 Å². The first-order chi connectivity index (χ1) is 18.0. The molecule has 0 unspecified atom stereocenters. The van der Waals surface area contributed by atoms with E-state index in [1.54, 1.807) is 36.9 Å². The van der Waals surface area contributed by atoms with Crippen molar-refractivity contribution in [3.63, 3.8) is 0 Å². The van der Waals surface area contributed by atoms with Gasteiger partial charge in [-0.1, -0.05) is 12.1 Å². The van der Waals surface area contributed by atoms with Crippen LogP contribution in [-0.2, 0) is 0 Å². The first-order valence-corrected chi connectivity index (χ1v) is 11.9. The van der Waals surface area contributed by atoms with Crippen LogP contribution in [-0.4, -0.2) is 62.3 Å². The highest BCUT2D eigenvalue weighted by molar-refractivity contribution is 6.00. The van der Waals surface area contributed by atoms with Crippen LogP contribution in [0, 0.1) is 5.82 Å². The van der Waals surface area contributed by atoms with Crippen molar-refractivity contribution in [1.82, 2.24) is 35.0 Å². The topological polar surface area (TPSA) is 95.6 Å². The summed E-state index contributed by atoms with van der Waals surface area (Å²) < 4.78 is 19.3. The molecule has 5 heterocycles.